The standard InChI is InChI=1S/C17H16N4O4/c22-15-10-25-17(24)21(15)11-5-7-20(8-6-11)16(23)14-9-18-12-3-1-2-4-13(12)19-14/h1-4,9,11H,5-8,10H2. The molecule has 8 nitrogen and oxygen atoms in total. The number of nitrogens with zero attached hydrogens (tertiary/aromatic N) is 4. The molecule has 2 aromatic rings. The van der Waals surface area contributed by atoms with Gasteiger partial charge in [-0.15, -0.1) is 0 Å². The highest BCUT2D eigenvalue weighted by atomic mass is 16.6. The Morgan fingerprint density at radius 3 is 2.52 bits per heavy atom. The predicted molar refractivity (Wildman–Crippen MR) is 86.7 cm³/mol. The van der Waals surface area contributed by atoms with E-state index in [1.807, 2.05) is 24.3 Å². The topological polar surface area (TPSA) is 92.7 Å². The molecule has 4 rings (SSSR count). The normalized spacial score (nSPS) is 18.7. The molecule has 2 aliphatic rings. The Kier molecular flexibility index (Phi) is 3.79. The Hall–Kier alpha value is -3.03. The molecule has 0 radical (unpaired) electrons. The summed E-state index contributed by atoms with van der Waals surface area (Å²) in [6.07, 6.45) is 1.97. The predicted octanol–water partition coefficient (Wildman–Crippen LogP) is 1.21. The Labute approximate surface area is 143 Å². The van der Waals surface area contributed by atoms with Crippen LogP contribution >= 0.6 is 0 Å². The average Bonchev–Trinajstić information content (AvgIpc) is 2.99. The highest BCUT2D eigenvalue weighted by Crippen LogP contribution is 2.22. The molecule has 0 N–H and O–H groups in total. The van der Waals surface area contributed by atoms with Gasteiger partial charge in [-0.2, -0.15) is 0 Å². The Morgan fingerprint density at radius 1 is 1.12 bits per heavy atom. The van der Waals surface area contributed by atoms with E-state index in [-0.39, 0.29) is 24.5 Å². The number of imide groups is 1. The molecule has 2 saturated heterocycles. The summed E-state index contributed by atoms with van der Waals surface area (Å²) in [5.74, 6) is -0.498. The number of hydrogen-bond acceptors (Lipinski definition) is 6. The summed E-state index contributed by atoms with van der Waals surface area (Å²) in [7, 11) is 0. The molecule has 2 aliphatic heterocycles. The van der Waals surface area contributed by atoms with Crippen molar-refractivity contribution in [2.24, 2.45) is 0 Å². The van der Waals surface area contributed by atoms with Crippen molar-refractivity contribution in [3.8, 4) is 0 Å². The van der Waals surface area contributed by atoms with Gasteiger partial charge in [0.1, 0.15) is 5.69 Å². The molecule has 0 spiro atoms. The van der Waals surface area contributed by atoms with E-state index in [2.05, 4.69) is 9.97 Å². The van der Waals surface area contributed by atoms with E-state index in [1.165, 1.54) is 11.1 Å². The van der Waals surface area contributed by atoms with Crippen molar-refractivity contribution in [2.75, 3.05) is 19.7 Å². The van der Waals surface area contributed by atoms with Crippen LogP contribution in [0.1, 0.15) is 23.3 Å². The maximum Gasteiger partial charge on any atom is 0.417 e. The number of likely N-dealkylation sites (tertiary alicyclic amines) is 1. The van der Waals surface area contributed by atoms with E-state index >= 15 is 0 Å². The van der Waals surface area contributed by atoms with Crippen molar-refractivity contribution in [3.05, 3.63) is 36.2 Å². The van der Waals surface area contributed by atoms with Crippen LogP contribution in [-0.2, 0) is 9.53 Å². The summed E-state index contributed by atoms with van der Waals surface area (Å²) in [4.78, 5) is 47.5. The fourth-order valence-corrected chi connectivity index (χ4v) is 3.27. The quantitative estimate of drug-likeness (QED) is 0.816. The van der Waals surface area contributed by atoms with Crippen LogP contribution in [0.25, 0.3) is 11.0 Å². The van der Waals surface area contributed by atoms with Crippen LogP contribution < -0.4 is 0 Å². The zero-order valence-electron chi connectivity index (χ0n) is 13.4. The SMILES string of the molecule is O=C(c1cnc2ccccc2n1)N1CCC(N2C(=O)COC2=O)CC1. The second-order valence-corrected chi connectivity index (χ2v) is 6.09. The van der Waals surface area contributed by atoms with Gasteiger partial charge in [0.05, 0.1) is 17.2 Å². The molecule has 3 amide bonds. The largest absolute Gasteiger partial charge is 0.439 e. The van der Waals surface area contributed by atoms with Crippen molar-refractivity contribution in [2.45, 2.75) is 18.9 Å². The minimum absolute atomic E-state index is 0.188. The van der Waals surface area contributed by atoms with Crippen molar-refractivity contribution < 1.29 is 19.1 Å². The number of carbonyl (C=O) groups is 3. The number of hydrogen-bond donors (Lipinski definition) is 0. The Morgan fingerprint density at radius 2 is 1.84 bits per heavy atom. The second-order valence-electron chi connectivity index (χ2n) is 6.09. The van der Waals surface area contributed by atoms with E-state index in [0.29, 0.717) is 37.1 Å². The summed E-state index contributed by atoms with van der Waals surface area (Å²) in [5, 5.41) is 0. The van der Waals surface area contributed by atoms with Crippen LogP contribution in [0.3, 0.4) is 0 Å². The number of aromatic nitrogens is 2. The summed E-state index contributed by atoms with van der Waals surface area (Å²) in [6, 6.07) is 7.16. The third kappa shape index (κ3) is 2.79. The third-order valence-corrected chi connectivity index (χ3v) is 4.57. The summed E-state index contributed by atoms with van der Waals surface area (Å²) < 4.78 is 4.75. The molecule has 8 heteroatoms. The van der Waals surface area contributed by atoms with Crippen molar-refractivity contribution in [1.29, 1.82) is 0 Å². The average molecular weight is 340 g/mol. The van der Waals surface area contributed by atoms with Crippen LogP contribution in [0.5, 0.6) is 0 Å². The second kappa shape index (κ2) is 6.12. The fraction of sp³-hybridized carbons (Fsp3) is 0.353. The number of piperidine rings is 1. The van der Waals surface area contributed by atoms with Gasteiger partial charge in [-0.1, -0.05) is 12.1 Å². The van der Waals surface area contributed by atoms with Crippen molar-refractivity contribution >= 4 is 28.9 Å². The zero-order chi connectivity index (χ0) is 17.4. The molecule has 0 bridgehead atoms. The summed E-state index contributed by atoms with van der Waals surface area (Å²) in [5.41, 5.74) is 1.71. The first-order valence-electron chi connectivity index (χ1n) is 8.13. The fourth-order valence-electron chi connectivity index (χ4n) is 3.27. The highest BCUT2D eigenvalue weighted by Gasteiger charge is 2.39. The number of carbonyl (C=O) groups excluding carboxylic acids is 3. The molecule has 25 heavy (non-hydrogen) atoms. The zero-order valence-corrected chi connectivity index (χ0v) is 13.4. The lowest BCUT2D eigenvalue weighted by Crippen LogP contribution is -2.48. The van der Waals surface area contributed by atoms with Gasteiger partial charge in [0.15, 0.2) is 6.61 Å². The summed E-state index contributed by atoms with van der Waals surface area (Å²) >= 11 is 0. The van der Waals surface area contributed by atoms with Crippen LogP contribution in [0.15, 0.2) is 30.5 Å². The lowest BCUT2D eigenvalue weighted by Gasteiger charge is -2.34. The number of fused-ring (bicyclic) bond motifs is 1. The van der Waals surface area contributed by atoms with Gasteiger partial charge in [-0.3, -0.25) is 14.6 Å². The van der Waals surface area contributed by atoms with Crippen LogP contribution in [0.4, 0.5) is 4.79 Å². The van der Waals surface area contributed by atoms with Crippen molar-refractivity contribution in [3.63, 3.8) is 0 Å². The number of amides is 3. The third-order valence-electron chi connectivity index (χ3n) is 4.57. The molecule has 3 heterocycles. The van der Waals surface area contributed by atoms with Gasteiger partial charge in [-0.05, 0) is 25.0 Å². The molecule has 128 valence electrons. The van der Waals surface area contributed by atoms with Crippen LogP contribution in [0, 0.1) is 0 Å². The van der Waals surface area contributed by atoms with E-state index in [0.717, 1.165) is 5.52 Å². The van der Waals surface area contributed by atoms with Crippen LogP contribution in [0.2, 0.25) is 0 Å². The lowest BCUT2D eigenvalue weighted by molar-refractivity contribution is -0.127. The Bertz CT molecular complexity index is 845. The first kappa shape index (κ1) is 15.5. The van der Waals surface area contributed by atoms with Gasteiger partial charge in [0.25, 0.3) is 11.8 Å². The smallest absolute Gasteiger partial charge is 0.417 e. The van der Waals surface area contributed by atoms with E-state index in [4.69, 9.17) is 4.74 Å². The molecular formula is C17H16N4O4. The molecule has 2 fully saturated rings. The highest BCUT2D eigenvalue weighted by molar-refractivity contribution is 5.98. The number of cyclic esters (lactones) is 1. The van der Waals surface area contributed by atoms with E-state index < -0.39 is 6.09 Å². The monoisotopic (exact) mass is 340 g/mol. The molecule has 1 aromatic carbocycles. The molecule has 0 aliphatic carbocycles. The van der Waals surface area contributed by atoms with Gasteiger partial charge < -0.3 is 9.64 Å². The first-order chi connectivity index (χ1) is 12.1. The number of rotatable bonds is 2. The molecular weight excluding hydrogens is 324 g/mol. The van der Waals surface area contributed by atoms with Gasteiger partial charge in [-0.25, -0.2) is 14.7 Å². The Balaban J connectivity index is 1.45. The number of para-hydroxylation sites is 2. The van der Waals surface area contributed by atoms with Gasteiger partial charge in [0.2, 0.25) is 0 Å². The lowest BCUT2D eigenvalue weighted by atomic mass is 10.0. The van der Waals surface area contributed by atoms with Crippen LogP contribution in [-0.4, -0.2) is 63.4 Å². The molecule has 0 saturated carbocycles. The van der Waals surface area contributed by atoms with E-state index in [1.54, 1.807) is 4.90 Å². The maximum atomic E-state index is 12.7. The van der Waals surface area contributed by atoms with Gasteiger partial charge >= 0.3 is 6.09 Å². The van der Waals surface area contributed by atoms with Gasteiger partial charge in [0, 0.05) is 19.1 Å². The minimum Gasteiger partial charge on any atom is -0.439 e. The molecule has 0 atom stereocenters. The first-order valence-corrected chi connectivity index (χ1v) is 8.13. The number of benzene rings is 1. The molecule has 0 unspecified atom stereocenters. The minimum atomic E-state index is -0.588. The molecule has 1 aromatic heterocycles. The summed E-state index contributed by atoms with van der Waals surface area (Å²) in [6.45, 7) is 0.717. The maximum absolute atomic E-state index is 12.7. The van der Waals surface area contributed by atoms with E-state index in [9.17, 15) is 14.4 Å². The number of ether oxygens (including phenoxy) is 1. The van der Waals surface area contributed by atoms with Crippen molar-refractivity contribution in [1.82, 2.24) is 19.8 Å².